The van der Waals surface area contributed by atoms with Crippen LogP contribution in [0.4, 0.5) is 11.4 Å². The van der Waals surface area contributed by atoms with E-state index in [-0.39, 0.29) is 18.9 Å². The minimum Gasteiger partial charge on any atom is -0.455 e. The molecule has 2 amide bonds. The Morgan fingerprint density at radius 3 is 2.76 bits per heavy atom. The molecule has 1 fully saturated rings. The van der Waals surface area contributed by atoms with Gasteiger partial charge in [0.2, 0.25) is 5.91 Å². The first kappa shape index (κ1) is 21.3. The molecule has 1 heterocycles. The first-order chi connectivity index (χ1) is 13.9. The number of halogens is 2. The number of amides is 2. The third-order valence-electron chi connectivity index (χ3n) is 4.67. The average Bonchev–Trinajstić information content (AvgIpc) is 3.09. The maximum atomic E-state index is 12.4. The number of benzene rings is 2. The normalized spacial score (nSPS) is 16.0. The molecule has 29 heavy (non-hydrogen) atoms. The monoisotopic (exact) mass is 478 g/mol. The number of carbonyl (C=O) groups is 3. The van der Waals surface area contributed by atoms with E-state index in [4.69, 9.17) is 16.3 Å². The Hall–Kier alpha value is -2.38. The van der Waals surface area contributed by atoms with Gasteiger partial charge < -0.3 is 15.0 Å². The van der Waals surface area contributed by atoms with Crippen LogP contribution in [0.1, 0.15) is 18.9 Å². The van der Waals surface area contributed by atoms with Gasteiger partial charge in [0, 0.05) is 23.1 Å². The third kappa shape index (κ3) is 5.16. The van der Waals surface area contributed by atoms with Crippen LogP contribution in [0, 0.1) is 5.92 Å². The van der Waals surface area contributed by atoms with Crippen molar-refractivity contribution in [3.63, 3.8) is 0 Å². The fourth-order valence-corrected chi connectivity index (χ4v) is 3.83. The maximum Gasteiger partial charge on any atom is 0.311 e. The summed E-state index contributed by atoms with van der Waals surface area (Å²) in [4.78, 5) is 38.3. The number of hydrogen-bond acceptors (Lipinski definition) is 4. The molecular weight excluding hydrogens is 460 g/mol. The van der Waals surface area contributed by atoms with Gasteiger partial charge in [-0.1, -0.05) is 46.6 Å². The molecule has 2 aromatic carbocycles. The molecule has 152 valence electrons. The first-order valence-corrected chi connectivity index (χ1v) is 10.4. The average molecular weight is 480 g/mol. The molecule has 0 saturated carbocycles. The van der Waals surface area contributed by atoms with Gasteiger partial charge in [0.1, 0.15) is 0 Å². The summed E-state index contributed by atoms with van der Waals surface area (Å²) in [6, 6.07) is 12.5. The van der Waals surface area contributed by atoms with Crippen LogP contribution in [0.2, 0.25) is 5.02 Å². The number of rotatable bonds is 6. The lowest BCUT2D eigenvalue weighted by Crippen LogP contribution is -2.28. The summed E-state index contributed by atoms with van der Waals surface area (Å²) in [5, 5.41) is 3.19. The van der Waals surface area contributed by atoms with E-state index in [0.717, 1.165) is 16.5 Å². The lowest BCUT2D eigenvalue weighted by molar-refractivity contribution is -0.151. The first-order valence-electron chi connectivity index (χ1n) is 9.18. The van der Waals surface area contributed by atoms with Crippen LogP contribution < -0.4 is 10.2 Å². The predicted octanol–water partition coefficient (Wildman–Crippen LogP) is 4.20. The Morgan fingerprint density at radius 2 is 2.03 bits per heavy atom. The van der Waals surface area contributed by atoms with Crippen molar-refractivity contribution in [1.29, 1.82) is 0 Å². The van der Waals surface area contributed by atoms with E-state index in [0.29, 0.717) is 16.4 Å². The van der Waals surface area contributed by atoms with Gasteiger partial charge in [0.25, 0.3) is 5.91 Å². The van der Waals surface area contributed by atoms with E-state index in [9.17, 15) is 14.4 Å². The van der Waals surface area contributed by atoms with Gasteiger partial charge in [-0.25, -0.2) is 0 Å². The van der Waals surface area contributed by atoms with Crippen LogP contribution in [-0.2, 0) is 25.5 Å². The molecule has 2 aromatic rings. The highest BCUT2D eigenvalue weighted by Gasteiger charge is 2.37. The van der Waals surface area contributed by atoms with Gasteiger partial charge in [-0.05, 0) is 42.3 Å². The highest BCUT2D eigenvalue weighted by molar-refractivity contribution is 9.10. The van der Waals surface area contributed by atoms with Crippen molar-refractivity contribution in [1.82, 2.24) is 0 Å². The van der Waals surface area contributed by atoms with Gasteiger partial charge >= 0.3 is 5.97 Å². The second kappa shape index (κ2) is 9.41. The van der Waals surface area contributed by atoms with Crippen LogP contribution in [0.15, 0.2) is 46.9 Å². The summed E-state index contributed by atoms with van der Waals surface area (Å²) in [6.07, 6.45) is 0.773. The molecule has 1 N–H and O–H groups in total. The molecular formula is C21H20BrClN2O4. The summed E-state index contributed by atoms with van der Waals surface area (Å²) < 4.78 is 6.07. The molecule has 0 unspecified atom stereocenters. The summed E-state index contributed by atoms with van der Waals surface area (Å²) in [6.45, 7) is 1.75. The molecule has 0 bridgehead atoms. The highest BCUT2D eigenvalue weighted by atomic mass is 79.9. The van der Waals surface area contributed by atoms with E-state index in [1.54, 1.807) is 30.3 Å². The molecule has 0 aromatic heterocycles. The fourth-order valence-electron chi connectivity index (χ4n) is 3.19. The zero-order valence-electron chi connectivity index (χ0n) is 15.8. The molecule has 1 saturated heterocycles. The Bertz CT molecular complexity index is 950. The Kier molecular flexibility index (Phi) is 6.92. The third-order valence-corrected chi connectivity index (χ3v) is 5.48. The maximum absolute atomic E-state index is 12.4. The number of nitrogens with zero attached hydrogens (tertiary/aromatic N) is 1. The lowest BCUT2D eigenvalue weighted by Gasteiger charge is -2.17. The quantitative estimate of drug-likeness (QED) is 0.630. The molecule has 3 rings (SSSR count). The van der Waals surface area contributed by atoms with Crippen LogP contribution in [0.5, 0.6) is 0 Å². The van der Waals surface area contributed by atoms with Crippen molar-refractivity contribution in [2.45, 2.75) is 19.8 Å². The van der Waals surface area contributed by atoms with E-state index >= 15 is 0 Å². The smallest absolute Gasteiger partial charge is 0.311 e. The van der Waals surface area contributed by atoms with Crippen LogP contribution in [0.25, 0.3) is 0 Å². The summed E-state index contributed by atoms with van der Waals surface area (Å²) >= 11 is 9.55. The fraction of sp³-hybridized carbons (Fsp3) is 0.286. The molecule has 0 spiro atoms. The van der Waals surface area contributed by atoms with Crippen LogP contribution in [-0.4, -0.2) is 30.9 Å². The number of ether oxygens (including phenoxy) is 1. The minimum atomic E-state index is -0.634. The number of hydrogen-bond donors (Lipinski definition) is 1. The van der Waals surface area contributed by atoms with Crippen molar-refractivity contribution in [2.75, 3.05) is 23.4 Å². The van der Waals surface area contributed by atoms with Gasteiger partial charge in [-0.3, -0.25) is 14.4 Å². The lowest BCUT2D eigenvalue weighted by atomic mass is 10.1. The Balaban J connectivity index is 1.55. The van der Waals surface area contributed by atoms with E-state index in [1.807, 2.05) is 19.1 Å². The molecule has 1 atom stereocenters. The van der Waals surface area contributed by atoms with Crippen molar-refractivity contribution >= 4 is 56.7 Å². The van der Waals surface area contributed by atoms with Gasteiger partial charge in [-0.2, -0.15) is 0 Å². The molecule has 1 aliphatic heterocycles. The predicted molar refractivity (Wildman–Crippen MR) is 115 cm³/mol. The van der Waals surface area contributed by atoms with Crippen molar-refractivity contribution in [3.05, 3.63) is 57.5 Å². The van der Waals surface area contributed by atoms with E-state index in [1.165, 1.54) is 4.90 Å². The number of para-hydroxylation sites is 1. The summed E-state index contributed by atoms with van der Waals surface area (Å²) in [5.41, 5.74) is 2.21. The van der Waals surface area contributed by atoms with Crippen LogP contribution >= 0.6 is 27.5 Å². The Labute approximate surface area is 182 Å². The zero-order chi connectivity index (χ0) is 21.0. The van der Waals surface area contributed by atoms with Crippen molar-refractivity contribution in [3.8, 4) is 0 Å². The number of anilines is 2. The Morgan fingerprint density at radius 1 is 1.28 bits per heavy atom. The highest BCUT2D eigenvalue weighted by Crippen LogP contribution is 2.31. The number of aryl methyl sites for hydroxylation is 1. The SMILES string of the molecule is CCc1cc(Br)ccc1NC(=O)COC(=O)[C@H]1CC(=O)N(c2ccccc2Cl)C1. The molecule has 8 heteroatoms. The summed E-state index contributed by atoms with van der Waals surface area (Å²) in [7, 11) is 0. The van der Waals surface area contributed by atoms with E-state index in [2.05, 4.69) is 21.2 Å². The second-order valence-corrected chi connectivity index (χ2v) is 7.99. The summed E-state index contributed by atoms with van der Waals surface area (Å²) in [5.74, 6) is -1.84. The van der Waals surface area contributed by atoms with E-state index < -0.39 is 24.4 Å². The van der Waals surface area contributed by atoms with Gasteiger partial charge in [-0.15, -0.1) is 0 Å². The van der Waals surface area contributed by atoms with Gasteiger partial charge in [0.15, 0.2) is 6.61 Å². The van der Waals surface area contributed by atoms with Crippen molar-refractivity contribution in [2.24, 2.45) is 5.92 Å². The number of carbonyl (C=O) groups excluding carboxylic acids is 3. The largest absolute Gasteiger partial charge is 0.455 e. The number of esters is 1. The van der Waals surface area contributed by atoms with Crippen LogP contribution in [0.3, 0.4) is 0 Å². The zero-order valence-corrected chi connectivity index (χ0v) is 18.1. The van der Waals surface area contributed by atoms with Crippen molar-refractivity contribution < 1.29 is 19.1 Å². The topological polar surface area (TPSA) is 75.7 Å². The number of nitrogens with one attached hydrogen (secondary N) is 1. The standard InChI is InChI=1S/C21H20BrClN2O4/c1-2-13-9-15(22)7-8-17(13)24-19(26)12-29-21(28)14-10-20(27)25(11-14)18-6-4-3-5-16(18)23/h3-9,14H,2,10-12H2,1H3,(H,24,26)/t14-/m0/s1. The minimum absolute atomic E-state index is 0.0262. The molecule has 6 nitrogen and oxygen atoms in total. The van der Waals surface area contributed by atoms with Gasteiger partial charge in [0.05, 0.1) is 16.6 Å². The molecule has 0 radical (unpaired) electrons. The second-order valence-electron chi connectivity index (χ2n) is 6.67. The molecule has 1 aliphatic rings. The molecule has 0 aliphatic carbocycles.